The topological polar surface area (TPSA) is 56.7 Å². The Hall–Kier alpha value is -0.900. The van der Waals surface area contributed by atoms with E-state index < -0.39 is 0 Å². The second-order valence-corrected chi connectivity index (χ2v) is 4.20. The molecule has 0 aromatic carbocycles. The number of aromatic nitrogens is 3. The SMILES string of the molecule is NC1(c2nnc3n2CCCC3)CC1. The summed E-state index contributed by atoms with van der Waals surface area (Å²) in [5, 5.41) is 8.42. The van der Waals surface area contributed by atoms with Crippen LogP contribution in [0.3, 0.4) is 0 Å². The van der Waals surface area contributed by atoms with Gasteiger partial charge in [0.25, 0.3) is 0 Å². The summed E-state index contributed by atoms with van der Waals surface area (Å²) >= 11 is 0. The van der Waals surface area contributed by atoms with E-state index in [0.29, 0.717) is 0 Å². The van der Waals surface area contributed by atoms with Crippen molar-refractivity contribution in [3.63, 3.8) is 0 Å². The number of rotatable bonds is 1. The van der Waals surface area contributed by atoms with E-state index in [9.17, 15) is 0 Å². The van der Waals surface area contributed by atoms with Gasteiger partial charge in [-0.25, -0.2) is 0 Å². The number of aryl methyl sites for hydroxylation is 1. The van der Waals surface area contributed by atoms with Crippen LogP contribution in [-0.2, 0) is 18.5 Å². The minimum absolute atomic E-state index is 0.122. The predicted molar refractivity (Wildman–Crippen MR) is 48.1 cm³/mol. The summed E-state index contributed by atoms with van der Waals surface area (Å²) in [7, 11) is 0. The minimum atomic E-state index is -0.122. The molecule has 13 heavy (non-hydrogen) atoms. The molecule has 1 saturated carbocycles. The van der Waals surface area contributed by atoms with Crippen LogP contribution in [0.1, 0.15) is 37.3 Å². The van der Waals surface area contributed by atoms with Crippen molar-refractivity contribution in [1.82, 2.24) is 14.8 Å². The lowest BCUT2D eigenvalue weighted by molar-refractivity contribution is 0.486. The zero-order valence-electron chi connectivity index (χ0n) is 7.66. The predicted octanol–water partition coefficient (Wildman–Crippen LogP) is 0.562. The van der Waals surface area contributed by atoms with Gasteiger partial charge in [-0.15, -0.1) is 10.2 Å². The third-order valence-electron chi connectivity index (χ3n) is 3.09. The van der Waals surface area contributed by atoms with Crippen molar-refractivity contribution in [1.29, 1.82) is 0 Å². The van der Waals surface area contributed by atoms with E-state index in [1.165, 1.54) is 12.8 Å². The normalized spacial score (nSPS) is 24.1. The highest BCUT2D eigenvalue weighted by atomic mass is 15.3. The number of hydrogen-bond donors (Lipinski definition) is 1. The number of fused-ring (bicyclic) bond motifs is 1. The van der Waals surface area contributed by atoms with Crippen LogP contribution in [0.4, 0.5) is 0 Å². The molecule has 0 bridgehead atoms. The molecule has 1 aliphatic carbocycles. The zero-order chi connectivity index (χ0) is 8.89. The molecule has 0 amide bonds. The van der Waals surface area contributed by atoms with Gasteiger partial charge in [-0.05, 0) is 25.7 Å². The molecule has 70 valence electrons. The maximum Gasteiger partial charge on any atom is 0.153 e. The molecule has 1 aliphatic heterocycles. The van der Waals surface area contributed by atoms with E-state index in [-0.39, 0.29) is 5.54 Å². The van der Waals surface area contributed by atoms with Gasteiger partial charge in [0.05, 0.1) is 5.54 Å². The lowest BCUT2D eigenvalue weighted by Crippen LogP contribution is -2.26. The van der Waals surface area contributed by atoms with Crippen LogP contribution in [0, 0.1) is 0 Å². The van der Waals surface area contributed by atoms with Crippen LogP contribution < -0.4 is 5.73 Å². The van der Waals surface area contributed by atoms with Gasteiger partial charge in [0, 0.05) is 13.0 Å². The number of nitrogens with zero attached hydrogens (tertiary/aromatic N) is 3. The Kier molecular flexibility index (Phi) is 1.34. The number of nitrogens with two attached hydrogens (primary N) is 1. The molecule has 1 fully saturated rings. The standard InChI is InChI=1S/C9H14N4/c10-9(4-5-9)8-12-11-7-3-1-2-6-13(7)8/h1-6,10H2. The Morgan fingerprint density at radius 2 is 2.08 bits per heavy atom. The van der Waals surface area contributed by atoms with Gasteiger partial charge in [-0.1, -0.05) is 0 Å². The molecule has 3 rings (SSSR count). The second-order valence-electron chi connectivity index (χ2n) is 4.20. The average molecular weight is 178 g/mol. The van der Waals surface area contributed by atoms with Gasteiger partial charge in [0.2, 0.25) is 0 Å². The summed E-state index contributed by atoms with van der Waals surface area (Å²) in [6.45, 7) is 1.07. The first-order valence-corrected chi connectivity index (χ1v) is 5.01. The van der Waals surface area contributed by atoms with Gasteiger partial charge >= 0.3 is 0 Å². The van der Waals surface area contributed by atoms with Crippen LogP contribution in [0.5, 0.6) is 0 Å². The molecule has 4 heteroatoms. The fraction of sp³-hybridized carbons (Fsp3) is 0.778. The third kappa shape index (κ3) is 1.01. The summed E-state index contributed by atoms with van der Waals surface area (Å²) in [6.07, 6.45) is 5.71. The smallest absolute Gasteiger partial charge is 0.153 e. The van der Waals surface area contributed by atoms with Crippen molar-refractivity contribution in [2.24, 2.45) is 5.73 Å². The Bertz CT molecular complexity index is 337. The van der Waals surface area contributed by atoms with E-state index in [2.05, 4.69) is 14.8 Å². The summed E-state index contributed by atoms with van der Waals surface area (Å²) in [5.74, 6) is 2.17. The highest BCUT2D eigenvalue weighted by Gasteiger charge is 2.45. The maximum absolute atomic E-state index is 6.11. The van der Waals surface area contributed by atoms with Crippen LogP contribution >= 0.6 is 0 Å². The van der Waals surface area contributed by atoms with Gasteiger partial charge in [-0.3, -0.25) is 0 Å². The van der Waals surface area contributed by atoms with E-state index in [4.69, 9.17) is 5.73 Å². The largest absolute Gasteiger partial charge is 0.319 e. The molecular formula is C9H14N4. The fourth-order valence-corrected chi connectivity index (χ4v) is 2.03. The van der Waals surface area contributed by atoms with Gasteiger partial charge in [-0.2, -0.15) is 0 Å². The van der Waals surface area contributed by atoms with Gasteiger partial charge in [0.15, 0.2) is 5.82 Å². The number of hydrogen-bond acceptors (Lipinski definition) is 3. The molecule has 0 saturated heterocycles. The summed E-state index contributed by atoms with van der Waals surface area (Å²) in [5.41, 5.74) is 5.99. The highest BCUT2D eigenvalue weighted by molar-refractivity contribution is 5.17. The second kappa shape index (κ2) is 2.32. The molecular weight excluding hydrogens is 164 g/mol. The van der Waals surface area contributed by atoms with Crippen molar-refractivity contribution in [3.05, 3.63) is 11.6 Å². The molecule has 0 spiro atoms. The Labute approximate surface area is 77.1 Å². The van der Waals surface area contributed by atoms with E-state index in [1.807, 2.05) is 0 Å². The summed E-state index contributed by atoms with van der Waals surface area (Å²) < 4.78 is 2.23. The van der Waals surface area contributed by atoms with Crippen molar-refractivity contribution in [3.8, 4) is 0 Å². The Morgan fingerprint density at radius 1 is 1.23 bits per heavy atom. The average Bonchev–Trinajstić information content (AvgIpc) is 2.76. The molecule has 1 aromatic heterocycles. The zero-order valence-corrected chi connectivity index (χ0v) is 7.66. The first-order valence-electron chi connectivity index (χ1n) is 5.01. The molecule has 2 N–H and O–H groups in total. The Morgan fingerprint density at radius 3 is 2.85 bits per heavy atom. The maximum atomic E-state index is 6.11. The quantitative estimate of drug-likeness (QED) is 0.683. The van der Waals surface area contributed by atoms with Crippen molar-refractivity contribution >= 4 is 0 Å². The highest BCUT2D eigenvalue weighted by Crippen LogP contribution is 2.42. The summed E-state index contributed by atoms with van der Waals surface area (Å²) in [6, 6.07) is 0. The monoisotopic (exact) mass is 178 g/mol. The molecule has 1 aromatic rings. The Balaban J connectivity index is 2.06. The summed E-state index contributed by atoms with van der Waals surface area (Å²) in [4.78, 5) is 0. The molecule has 0 radical (unpaired) electrons. The fourth-order valence-electron chi connectivity index (χ4n) is 2.03. The molecule has 0 unspecified atom stereocenters. The van der Waals surface area contributed by atoms with Crippen LogP contribution in [0.15, 0.2) is 0 Å². The van der Waals surface area contributed by atoms with E-state index >= 15 is 0 Å². The van der Waals surface area contributed by atoms with E-state index in [0.717, 1.165) is 37.5 Å². The van der Waals surface area contributed by atoms with E-state index in [1.54, 1.807) is 0 Å². The molecule has 0 atom stereocenters. The van der Waals surface area contributed by atoms with Crippen LogP contribution in [-0.4, -0.2) is 14.8 Å². The lowest BCUT2D eigenvalue weighted by Gasteiger charge is -2.17. The van der Waals surface area contributed by atoms with Crippen molar-refractivity contribution in [2.75, 3.05) is 0 Å². The van der Waals surface area contributed by atoms with Crippen molar-refractivity contribution < 1.29 is 0 Å². The van der Waals surface area contributed by atoms with Gasteiger partial charge in [0.1, 0.15) is 5.82 Å². The first kappa shape index (κ1) is 7.50. The minimum Gasteiger partial charge on any atom is -0.319 e. The molecule has 2 heterocycles. The third-order valence-corrected chi connectivity index (χ3v) is 3.09. The molecule has 2 aliphatic rings. The van der Waals surface area contributed by atoms with Crippen LogP contribution in [0.2, 0.25) is 0 Å². The molecule has 4 nitrogen and oxygen atoms in total. The van der Waals surface area contributed by atoms with Crippen molar-refractivity contribution in [2.45, 2.75) is 44.2 Å². The van der Waals surface area contributed by atoms with Crippen LogP contribution in [0.25, 0.3) is 0 Å². The first-order chi connectivity index (χ1) is 6.30. The van der Waals surface area contributed by atoms with Gasteiger partial charge < -0.3 is 10.3 Å². The lowest BCUT2D eigenvalue weighted by atomic mass is 10.1.